The van der Waals surface area contributed by atoms with E-state index in [1.807, 2.05) is 31.2 Å². The molecule has 0 aliphatic rings. The first-order chi connectivity index (χ1) is 15.1. The zero-order valence-electron chi connectivity index (χ0n) is 16.7. The van der Waals surface area contributed by atoms with E-state index in [1.54, 1.807) is 39.7 Å². The molecule has 0 amide bonds. The van der Waals surface area contributed by atoms with Gasteiger partial charge in [0.05, 0.1) is 23.1 Å². The van der Waals surface area contributed by atoms with Gasteiger partial charge in [0.15, 0.2) is 5.65 Å². The summed E-state index contributed by atoms with van der Waals surface area (Å²) >= 11 is 6.26. The van der Waals surface area contributed by atoms with Gasteiger partial charge in [0, 0.05) is 23.0 Å². The van der Waals surface area contributed by atoms with Gasteiger partial charge in [0.25, 0.3) is 5.56 Å². The molecule has 0 spiro atoms. The zero-order chi connectivity index (χ0) is 21.5. The van der Waals surface area contributed by atoms with Crippen molar-refractivity contribution in [2.24, 2.45) is 0 Å². The molecule has 5 aromatic rings. The van der Waals surface area contributed by atoms with Crippen LogP contribution in [0.3, 0.4) is 0 Å². The average molecular weight is 433 g/mol. The second kappa shape index (κ2) is 7.63. The van der Waals surface area contributed by atoms with Crippen molar-refractivity contribution in [2.45, 2.75) is 19.9 Å². The van der Waals surface area contributed by atoms with E-state index in [9.17, 15) is 9.18 Å². The predicted octanol–water partition coefficient (Wildman–Crippen LogP) is 5.11. The first kappa shape index (κ1) is 19.5. The highest BCUT2D eigenvalue weighted by atomic mass is 35.5. The summed E-state index contributed by atoms with van der Waals surface area (Å²) in [6.07, 6.45) is 4.02. The molecule has 0 aliphatic heterocycles. The Labute approximate surface area is 182 Å². The fourth-order valence-corrected chi connectivity index (χ4v) is 4.04. The highest BCUT2D eigenvalue weighted by Crippen LogP contribution is 2.29. The van der Waals surface area contributed by atoms with Crippen molar-refractivity contribution in [1.82, 2.24) is 19.2 Å². The minimum atomic E-state index is -0.296. The van der Waals surface area contributed by atoms with Crippen LogP contribution >= 0.6 is 11.6 Å². The van der Waals surface area contributed by atoms with Crippen LogP contribution in [0.1, 0.15) is 18.2 Å². The SMILES string of the molecule is CCc1nn2c(ncc3c(=O)n(Cc4ccccc4Cl)ccc32)c1-c1ccc(F)cc1. The van der Waals surface area contributed by atoms with Crippen LogP contribution in [-0.4, -0.2) is 19.2 Å². The van der Waals surface area contributed by atoms with Gasteiger partial charge in [-0.1, -0.05) is 48.9 Å². The van der Waals surface area contributed by atoms with Gasteiger partial charge in [-0.15, -0.1) is 0 Å². The molecule has 154 valence electrons. The maximum absolute atomic E-state index is 13.4. The van der Waals surface area contributed by atoms with Crippen LogP contribution in [0.25, 0.3) is 27.7 Å². The summed E-state index contributed by atoms with van der Waals surface area (Å²) in [4.78, 5) is 17.7. The summed E-state index contributed by atoms with van der Waals surface area (Å²) < 4.78 is 16.7. The number of hydrogen-bond acceptors (Lipinski definition) is 3. The lowest BCUT2D eigenvalue weighted by molar-refractivity contribution is 0.628. The lowest BCUT2D eigenvalue weighted by Gasteiger charge is -2.09. The summed E-state index contributed by atoms with van der Waals surface area (Å²) in [5.74, 6) is -0.296. The zero-order valence-corrected chi connectivity index (χ0v) is 17.5. The Hall–Kier alpha value is -3.51. The molecule has 3 heterocycles. The molecule has 0 unspecified atom stereocenters. The van der Waals surface area contributed by atoms with Gasteiger partial charge in [-0.3, -0.25) is 4.79 Å². The molecule has 7 heteroatoms. The van der Waals surface area contributed by atoms with Gasteiger partial charge in [-0.05, 0) is 41.8 Å². The van der Waals surface area contributed by atoms with Crippen LogP contribution in [-0.2, 0) is 13.0 Å². The van der Waals surface area contributed by atoms with Crippen molar-refractivity contribution in [1.29, 1.82) is 0 Å². The Bertz CT molecular complexity index is 1490. The van der Waals surface area contributed by atoms with Gasteiger partial charge >= 0.3 is 0 Å². The molecule has 0 radical (unpaired) electrons. The van der Waals surface area contributed by atoms with E-state index in [2.05, 4.69) is 4.98 Å². The number of aryl methyl sites for hydroxylation is 1. The number of fused-ring (bicyclic) bond motifs is 3. The van der Waals surface area contributed by atoms with Gasteiger partial charge in [-0.2, -0.15) is 5.10 Å². The van der Waals surface area contributed by atoms with Crippen LogP contribution in [0, 0.1) is 5.82 Å². The summed E-state index contributed by atoms with van der Waals surface area (Å²) in [7, 11) is 0. The quantitative estimate of drug-likeness (QED) is 0.396. The Morgan fingerprint density at radius 2 is 1.84 bits per heavy atom. The standard InChI is InChI=1S/C24H18ClFN4O/c1-2-20-22(15-7-9-17(26)10-8-15)23-27-13-18-21(30(23)28-20)11-12-29(24(18)31)14-16-5-3-4-6-19(16)25/h3-13H,2,14H2,1H3. The highest BCUT2D eigenvalue weighted by molar-refractivity contribution is 6.31. The van der Waals surface area contributed by atoms with Crippen molar-refractivity contribution < 1.29 is 4.39 Å². The van der Waals surface area contributed by atoms with Crippen LogP contribution in [0.2, 0.25) is 5.02 Å². The molecule has 31 heavy (non-hydrogen) atoms. The first-order valence-electron chi connectivity index (χ1n) is 9.96. The molecule has 5 rings (SSSR count). The Morgan fingerprint density at radius 3 is 2.58 bits per heavy atom. The Morgan fingerprint density at radius 1 is 1.06 bits per heavy atom. The second-order valence-electron chi connectivity index (χ2n) is 7.31. The van der Waals surface area contributed by atoms with Crippen molar-refractivity contribution in [3.05, 3.63) is 99.4 Å². The fraction of sp³-hybridized carbons (Fsp3) is 0.125. The minimum Gasteiger partial charge on any atom is -0.310 e. The molecule has 0 saturated heterocycles. The second-order valence-corrected chi connectivity index (χ2v) is 7.72. The monoisotopic (exact) mass is 432 g/mol. The third-order valence-corrected chi connectivity index (χ3v) is 5.79. The van der Waals surface area contributed by atoms with Crippen LogP contribution < -0.4 is 5.56 Å². The number of nitrogens with zero attached hydrogens (tertiary/aromatic N) is 4. The van der Waals surface area contributed by atoms with E-state index >= 15 is 0 Å². The summed E-state index contributed by atoms with van der Waals surface area (Å²) in [6, 6.07) is 15.6. The van der Waals surface area contributed by atoms with Crippen molar-refractivity contribution in [3.8, 4) is 11.1 Å². The van der Waals surface area contributed by atoms with E-state index in [1.165, 1.54) is 12.1 Å². The van der Waals surface area contributed by atoms with Crippen LogP contribution in [0.4, 0.5) is 4.39 Å². The van der Waals surface area contributed by atoms with Crippen molar-refractivity contribution in [3.63, 3.8) is 0 Å². The smallest absolute Gasteiger partial charge is 0.261 e. The van der Waals surface area contributed by atoms with E-state index in [0.717, 1.165) is 22.4 Å². The van der Waals surface area contributed by atoms with Crippen LogP contribution in [0.5, 0.6) is 0 Å². The third-order valence-electron chi connectivity index (χ3n) is 5.42. The topological polar surface area (TPSA) is 52.2 Å². The molecule has 2 aromatic carbocycles. The Kier molecular flexibility index (Phi) is 4.79. The fourth-order valence-electron chi connectivity index (χ4n) is 3.85. The lowest BCUT2D eigenvalue weighted by Crippen LogP contribution is -2.21. The normalized spacial score (nSPS) is 11.5. The molecular weight excluding hydrogens is 415 g/mol. The van der Waals surface area contributed by atoms with Crippen molar-refractivity contribution in [2.75, 3.05) is 0 Å². The maximum atomic E-state index is 13.4. The number of pyridine rings is 1. The minimum absolute atomic E-state index is 0.163. The molecule has 0 aliphatic carbocycles. The van der Waals surface area contributed by atoms with Gasteiger partial charge in [-0.25, -0.2) is 13.9 Å². The molecule has 0 atom stereocenters. The van der Waals surface area contributed by atoms with E-state index < -0.39 is 0 Å². The molecule has 0 bridgehead atoms. The van der Waals surface area contributed by atoms with Crippen LogP contribution in [0.15, 0.2) is 71.8 Å². The summed E-state index contributed by atoms with van der Waals surface area (Å²) in [5.41, 5.74) is 4.55. The number of aromatic nitrogens is 4. The maximum Gasteiger partial charge on any atom is 0.261 e. The largest absolute Gasteiger partial charge is 0.310 e. The summed E-state index contributed by atoms with van der Waals surface area (Å²) in [5, 5.41) is 5.81. The molecule has 3 aromatic heterocycles. The number of rotatable bonds is 4. The molecular formula is C24H18ClFN4O. The van der Waals surface area contributed by atoms with Gasteiger partial charge < -0.3 is 4.57 Å². The van der Waals surface area contributed by atoms with Gasteiger partial charge in [0.2, 0.25) is 0 Å². The predicted molar refractivity (Wildman–Crippen MR) is 120 cm³/mol. The van der Waals surface area contributed by atoms with E-state index in [0.29, 0.717) is 34.5 Å². The first-order valence-corrected chi connectivity index (χ1v) is 10.3. The highest BCUT2D eigenvalue weighted by Gasteiger charge is 2.18. The van der Waals surface area contributed by atoms with Gasteiger partial charge in [0.1, 0.15) is 5.82 Å². The summed E-state index contributed by atoms with van der Waals surface area (Å²) in [6.45, 7) is 2.38. The van der Waals surface area contributed by atoms with E-state index in [-0.39, 0.29) is 11.4 Å². The van der Waals surface area contributed by atoms with E-state index in [4.69, 9.17) is 16.7 Å². The number of halogens is 2. The molecule has 0 fully saturated rings. The van der Waals surface area contributed by atoms with Crippen molar-refractivity contribution >= 4 is 28.2 Å². The molecule has 5 nitrogen and oxygen atoms in total. The number of benzene rings is 2. The average Bonchev–Trinajstić information content (AvgIpc) is 3.16. The third kappa shape index (κ3) is 3.29. The number of hydrogen-bond donors (Lipinski definition) is 0. The lowest BCUT2D eigenvalue weighted by atomic mass is 10.0. The molecule has 0 saturated carbocycles. The Balaban J connectivity index is 1.69. The molecule has 0 N–H and O–H groups in total.